The van der Waals surface area contributed by atoms with Crippen molar-refractivity contribution in [1.29, 1.82) is 0 Å². The average Bonchev–Trinajstić information content (AvgIpc) is 2.37. The molecule has 1 aromatic carbocycles. The van der Waals surface area contributed by atoms with Crippen LogP contribution in [-0.2, 0) is 5.75 Å². The number of nitro groups is 1. The maximum Gasteiger partial charge on any atom is 0.301 e. The lowest BCUT2D eigenvalue weighted by Gasteiger charge is -2.05. The van der Waals surface area contributed by atoms with Crippen molar-refractivity contribution in [2.75, 3.05) is 0 Å². The lowest BCUT2D eigenvalue weighted by molar-refractivity contribution is -0.388. The molecule has 0 radical (unpaired) electrons. The maximum absolute atomic E-state index is 10.9. The molecule has 4 nitrogen and oxygen atoms in total. The summed E-state index contributed by atoms with van der Waals surface area (Å²) in [4.78, 5) is 14.5. The lowest BCUT2D eigenvalue weighted by atomic mass is 10.1. The largest absolute Gasteiger partial charge is 0.301 e. The third-order valence-electron chi connectivity index (χ3n) is 2.63. The molecule has 2 rings (SSSR count). The van der Waals surface area contributed by atoms with Crippen LogP contribution in [0.5, 0.6) is 0 Å². The molecule has 0 atom stereocenters. The van der Waals surface area contributed by atoms with Gasteiger partial charge >= 0.3 is 5.69 Å². The lowest BCUT2D eigenvalue weighted by Crippen LogP contribution is -1.94. The summed E-state index contributed by atoms with van der Waals surface area (Å²) < 4.78 is 0. The molecule has 0 bridgehead atoms. The van der Waals surface area contributed by atoms with Crippen LogP contribution >= 0.6 is 23.4 Å². The number of nitrogens with zero attached hydrogens (tertiary/aromatic N) is 2. The zero-order chi connectivity index (χ0) is 13.8. The van der Waals surface area contributed by atoms with Gasteiger partial charge in [-0.15, -0.1) is 0 Å². The number of halogens is 1. The van der Waals surface area contributed by atoms with Crippen LogP contribution in [0.3, 0.4) is 0 Å². The van der Waals surface area contributed by atoms with Gasteiger partial charge in [-0.2, -0.15) is 0 Å². The van der Waals surface area contributed by atoms with Crippen LogP contribution in [-0.4, -0.2) is 9.91 Å². The smallest absolute Gasteiger partial charge is 0.258 e. The summed E-state index contributed by atoms with van der Waals surface area (Å²) in [6, 6.07) is 10.7. The second kappa shape index (κ2) is 6.04. The molecular formula is C13H11ClN2O2S. The standard InChI is InChI=1S/C13H11ClN2O2S/c1-9-4-2-3-5-10(9)8-19-13-11(16(17)18)6-7-12(14)15-13/h2-7H,8H2,1H3. The maximum atomic E-state index is 10.9. The SMILES string of the molecule is Cc1ccccc1CSc1nc(Cl)ccc1[N+](=O)[O-]. The van der Waals surface area contributed by atoms with Crippen LogP contribution in [0.25, 0.3) is 0 Å². The Kier molecular flexibility index (Phi) is 4.39. The van der Waals surface area contributed by atoms with Crippen molar-refractivity contribution >= 4 is 29.1 Å². The van der Waals surface area contributed by atoms with Crippen molar-refractivity contribution in [1.82, 2.24) is 4.98 Å². The van der Waals surface area contributed by atoms with E-state index in [4.69, 9.17) is 11.6 Å². The summed E-state index contributed by atoms with van der Waals surface area (Å²) in [6.07, 6.45) is 0. The van der Waals surface area contributed by atoms with Crippen LogP contribution in [0.4, 0.5) is 5.69 Å². The molecule has 0 N–H and O–H groups in total. The predicted octanol–water partition coefficient (Wildman–Crippen LogP) is 4.24. The highest BCUT2D eigenvalue weighted by atomic mass is 35.5. The van der Waals surface area contributed by atoms with Crippen molar-refractivity contribution in [3.8, 4) is 0 Å². The van der Waals surface area contributed by atoms with Gasteiger partial charge in [0.05, 0.1) is 4.92 Å². The van der Waals surface area contributed by atoms with Crippen molar-refractivity contribution in [3.05, 3.63) is 62.8 Å². The fourth-order valence-electron chi connectivity index (χ4n) is 1.57. The molecule has 98 valence electrons. The van der Waals surface area contributed by atoms with Gasteiger partial charge in [0.25, 0.3) is 0 Å². The van der Waals surface area contributed by atoms with Gasteiger partial charge in [0.2, 0.25) is 0 Å². The monoisotopic (exact) mass is 294 g/mol. The number of rotatable bonds is 4. The number of pyridine rings is 1. The molecule has 0 saturated heterocycles. The Balaban J connectivity index is 2.22. The van der Waals surface area contributed by atoms with Gasteiger partial charge in [-0.3, -0.25) is 10.1 Å². The molecule has 0 aliphatic heterocycles. The molecule has 0 saturated carbocycles. The molecule has 0 aliphatic carbocycles. The fraction of sp³-hybridized carbons (Fsp3) is 0.154. The Morgan fingerprint density at radius 3 is 2.74 bits per heavy atom. The van der Waals surface area contributed by atoms with E-state index in [1.54, 1.807) is 0 Å². The number of aryl methyl sites for hydroxylation is 1. The average molecular weight is 295 g/mol. The molecule has 0 amide bonds. The summed E-state index contributed by atoms with van der Waals surface area (Å²) in [5, 5.41) is 11.5. The Morgan fingerprint density at radius 1 is 1.32 bits per heavy atom. The summed E-state index contributed by atoms with van der Waals surface area (Å²) in [5.41, 5.74) is 2.27. The van der Waals surface area contributed by atoms with E-state index in [0.29, 0.717) is 10.8 Å². The molecule has 1 aromatic heterocycles. The first-order valence-electron chi connectivity index (χ1n) is 5.56. The van der Waals surface area contributed by atoms with Crippen LogP contribution in [0.2, 0.25) is 5.15 Å². The highest BCUT2D eigenvalue weighted by Crippen LogP contribution is 2.31. The summed E-state index contributed by atoms with van der Waals surface area (Å²) in [5.74, 6) is 0.626. The Bertz CT molecular complexity index is 619. The van der Waals surface area contributed by atoms with Gasteiger partial charge in [0, 0.05) is 11.8 Å². The first kappa shape index (κ1) is 13.8. The van der Waals surface area contributed by atoms with Gasteiger partial charge < -0.3 is 0 Å². The molecule has 0 spiro atoms. The Labute approximate surface area is 120 Å². The van der Waals surface area contributed by atoms with E-state index in [9.17, 15) is 10.1 Å². The zero-order valence-corrected chi connectivity index (χ0v) is 11.7. The Hall–Kier alpha value is -1.59. The van der Waals surface area contributed by atoms with Crippen LogP contribution in [0.15, 0.2) is 41.4 Å². The summed E-state index contributed by atoms with van der Waals surface area (Å²) in [6.45, 7) is 2.01. The second-order valence-electron chi connectivity index (χ2n) is 3.93. The highest BCUT2D eigenvalue weighted by Gasteiger charge is 2.16. The minimum Gasteiger partial charge on any atom is -0.258 e. The molecule has 19 heavy (non-hydrogen) atoms. The van der Waals surface area contributed by atoms with Gasteiger partial charge in [-0.05, 0) is 24.1 Å². The fourth-order valence-corrected chi connectivity index (χ4v) is 2.84. The zero-order valence-electron chi connectivity index (χ0n) is 10.2. The van der Waals surface area contributed by atoms with Gasteiger partial charge in [0.1, 0.15) is 5.15 Å². The van der Waals surface area contributed by atoms with E-state index in [0.717, 1.165) is 11.1 Å². The molecular weight excluding hydrogens is 284 g/mol. The van der Waals surface area contributed by atoms with Gasteiger partial charge in [-0.25, -0.2) is 4.98 Å². The van der Waals surface area contributed by atoms with Gasteiger partial charge in [-0.1, -0.05) is 47.6 Å². The third kappa shape index (κ3) is 3.45. The number of hydrogen-bond acceptors (Lipinski definition) is 4. The van der Waals surface area contributed by atoms with Gasteiger partial charge in [0.15, 0.2) is 5.03 Å². The predicted molar refractivity (Wildman–Crippen MR) is 76.6 cm³/mol. The first-order chi connectivity index (χ1) is 9.08. The number of aromatic nitrogens is 1. The van der Waals surface area contributed by atoms with Crippen LogP contribution < -0.4 is 0 Å². The minimum atomic E-state index is -0.441. The van der Waals surface area contributed by atoms with Crippen molar-refractivity contribution in [2.45, 2.75) is 17.7 Å². The summed E-state index contributed by atoms with van der Waals surface area (Å²) in [7, 11) is 0. The van der Waals surface area contributed by atoms with Crippen LogP contribution in [0, 0.1) is 17.0 Å². The van der Waals surface area contributed by atoms with E-state index >= 15 is 0 Å². The molecule has 0 unspecified atom stereocenters. The van der Waals surface area contributed by atoms with Crippen molar-refractivity contribution in [2.24, 2.45) is 0 Å². The number of benzene rings is 1. The molecule has 1 heterocycles. The summed E-state index contributed by atoms with van der Waals surface area (Å²) >= 11 is 7.11. The van der Waals surface area contributed by atoms with E-state index in [-0.39, 0.29) is 10.8 Å². The van der Waals surface area contributed by atoms with E-state index in [1.807, 2.05) is 31.2 Å². The normalized spacial score (nSPS) is 10.4. The topological polar surface area (TPSA) is 56.0 Å². The third-order valence-corrected chi connectivity index (χ3v) is 3.87. The van der Waals surface area contributed by atoms with E-state index in [1.165, 1.54) is 23.9 Å². The molecule has 2 aromatic rings. The molecule has 0 aliphatic rings. The molecule has 6 heteroatoms. The van der Waals surface area contributed by atoms with Crippen molar-refractivity contribution in [3.63, 3.8) is 0 Å². The molecule has 0 fully saturated rings. The minimum absolute atomic E-state index is 0.0111. The first-order valence-corrected chi connectivity index (χ1v) is 6.92. The quantitative estimate of drug-likeness (QED) is 0.366. The van der Waals surface area contributed by atoms with E-state index in [2.05, 4.69) is 4.98 Å². The number of thioether (sulfide) groups is 1. The number of hydrogen-bond donors (Lipinski definition) is 0. The second-order valence-corrected chi connectivity index (χ2v) is 5.28. The van der Waals surface area contributed by atoms with E-state index < -0.39 is 4.92 Å². The van der Waals surface area contributed by atoms with Crippen LogP contribution in [0.1, 0.15) is 11.1 Å². The van der Waals surface area contributed by atoms with Crippen molar-refractivity contribution < 1.29 is 4.92 Å². The highest BCUT2D eigenvalue weighted by molar-refractivity contribution is 7.98. The Morgan fingerprint density at radius 2 is 2.05 bits per heavy atom.